The van der Waals surface area contributed by atoms with Crippen molar-refractivity contribution in [2.75, 3.05) is 31.2 Å². The second-order valence-corrected chi connectivity index (χ2v) is 12.0. The SMILES string of the molecule is COc1ccc(C(NC(=O)C2CC(=O)NO2)C(=O)Nc2ccc(S(C)(C)C)cc2)cc1. The fourth-order valence-corrected chi connectivity index (χ4v) is 3.98. The molecule has 1 aliphatic rings. The summed E-state index contributed by atoms with van der Waals surface area (Å²) in [6, 6.07) is 13.5. The monoisotopic (exact) mass is 445 g/mol. The normalized spacial score (nSPS) is 17.4. The van der Waals surface area contributed by atoms with Gasteiger partial charge in [0.05, 0.1) is 13.5 Å². The van der Waals surface area contributed by atoms with E-state index in [9.17, 15) is 14.4 Å². The number of hydroxylamine groups is 1. The lowest BCUT2D eigenvalue weighted by Gasteiger charge is -2.26. The number of methoxy groups -OCH3 is 1. The molecular weight excluding hydrogens is 418 g/mol. The molecule has 0 aliphatic carbocycles. The Morgan fingerprint density at radius 2 is 1.74 bits per heavy atom. The van der Waals surface area contributed by atoms with E-state index in [0.717, 1.165) is 0 Å². The van der Waals surface area contributed by atoms with Crippen molar-refractivity contribution in [2.45, 2.75) is 23.5 Å². The zero-order valence-electron chi connectivity index (χ0n) is 17.9. The van der Waals surface area contributed by atoms with Gasteiger partial charge in [0.2, 0.25) is 5.91 Å². The molecule has 9 heteroatoms. The minimum Gasteiger partial charge on any atom is -0.497 e. The molecule has 8 nitrogen and oxygen atoms in total. The molecular formula is C22H27N3O5S. The number of hydrogen-bond acceptors (Lipinski definition) is 5. The molecule has 0 bridgehead atoms. The fourth-order valence-electron chi connectivity index (χ4n) is 3.03. The van der Waals surface area contributed by atoms with Crippen LogP contribution in [-0.4, -0.2) is 49.7 Å². The lowest BCUT2D eigenvalue weighted by Crippen LogP contribution is -2.42. The van der Waals surface area contributed by atoms with Gasteiger partial charge in [-0.05, 0) is 65.6 Å². The number of ether oxygens (including phenoxy) is 1. The predicted octanol–water partition coefficient (Wildman–Crippen LogP) is 2.36. The van der Waals surface area contributed by atoms with E-state index in [2.05, 4.69) is 34.9 Å². The van der Waals surface area contributed by atoms with E-state index in [0.29, 0.717) is 17.0 Å². The standard InChI is InChI=1S/C22H27N3O5S/c1-29-16-9-5-14(6-10-16)20(24-21(27)18-13-19(26)25-30-18)22(28)23-15-7-11-17(12-8-15)31(2,3)4/h5-12,18,20H,13H2,1-4H3,(H,23,28)(H,24,27)(H,25,26). The fraction of sp³-hybridized carbons (Fsp3) is 0.318. The number of carbonyl (C=O) groups excluding carboxylic acids is 3. The van der Waals surface area contributed by atoms with E-state index >= 15 is 0 Å². The number of benzene rings is 2. The van der Waals surface area contributed by atoms with Crippen LogP contribution in [0, 0.1) is 0 Å². The first-order valence-electron chi connectivity index (χ1n) is 9.65. The van der Waals surface area contributed by atoms with Gasteiger partial charge in [-0.25, -0.2) is 15.5 Å². The molecule has 1 heterocycles. The van der Waals surface area contributed by atoms with Crippen molar-refractivity contribution in [1.82, 2.24) is 10.8 Å². The molecule has 0 radical (unpaired) electrons. The minimum atomic E-state index is -0.991. The van der Waals surface area contributed by atoms with Crippen LogP contribution in [0.4, 0.5) is 5.69 Å². The molecule has 0 spiro atoms. The van der Waals surface area contributed by atoms with Crippen LogP contribution in [0.25, 0.3) is 0 Å². The first kappa shape index (κ1) is 22.6. The quantitative estimate of drug-likeness (QED) is 0.607. The molecule has 2 aromatic carbocycles. The smallest absolute Gasteiger partial charge is 0.253 e. The lowest BCUT2D eigenvalue weighted by atomic mass is 10.0. The van der Waals surface area contributed by atoms with Crippen molar-refractivity contribution in [3.63, 3.8) is 0 Å². The number of hydrogen-bond donors (Lipinski definition) is 3. The van der Waals surface area contributed by atoms with Crippen molar-refractivity contribution in [2.24, 2.45) is 0 Å². The summed E-state index contributed by atoms with van der Waals surface area (Å²) in [5, 5.41) is 5.54. The topological polar surface area (TPSA) is 106 Å². The lowest BCUT2D eigenvalue weighted by molar-refractivity contribution is -0.136. The van der Waals surface area contributed by atoms with Crippen LogP contribution in [-0.2, 0) is 19.2 Å². The summed E-state index contributed by atoms with van der Waals surface area (Å²) in [5.74, 6) is -0.720. The third kappa shape index (κ3) is 5.77. The van der Waals surface area contributed by atoms with Crippen molar-refractivity contribution in [1.29, 1.82) is 0 Å². The van der Waals surface area contributed by atoms with Crippen molar-refractivity contribution >= 4 is 33.4 Å². The molecule has 2 unspecified atom stereocenters. The zero-order chi connectivity index (χ0) is 22.6. The molecule has 3 rings (SSSR count). The summed E-state index contributed by atoms with van der Waals surface area (Å²) >= 11 is 0. The molecule has 3 N–H and O–H groups in total. The van der Waals surface area contributed by atoms with Gasteiger partial charge in [-0.1, -0.05) is 12.1 Å². The highest BCUT2D eigenvalue weighted by molar-refractivity contribution is 8.32. The Morgan fingerprint density at radius 1 is 1.10 bits per heavy atom. The van der Waals surface area contributed by atoms with E-state index in [-0.39, 0.29) is 12.3 Å². The van der Waals surface area contributed by atoms with E-state index in [4.69, 9.17) is 9.57 Å². The van der Waals surface area contributed by atoms with Crippen molar-refractivity contribution in [3.8, 4) is 5.75 Å². The molecule has 2 aromatic rings. The highest BCUT2D eigenvalue weighted by Crippen LogP contribution is 2.45. The summed E-state index contributed by atoms with van der Waals surface area (Å²) < 4.78 is 5.17. The minimum absolute atomic E-state index is 0.0978. The Kier molecular flexibility index (Phi) is 6.87. The van der Waals surface area contributed by atoms with Gasteiger partial charge in [-0.15, -0.1) is 0 Å². The number of rotatable bonds is 7. The van der Waals surface area contributed by atoms with Crippen molar-refractivity contribution in [3.05, 3.63) is 54.1 Å². The molecule has 1 saturated heterocycles. The van der Waals surface area contributed by atoms with Crippen LogP contribution in [0.3, 0.4) is 0 Å². The van der Waals surface area contributed by atoms with Gasteiger partial charge >= 0.3 is 0 Å². The van der Waals surface area contributed by atoms with E-state index in [1.165, 1.54) is 4.90 Å². The van der Waals surface area contributed by atoms with Gasteiger partial charge in [-0.3, -0.25) is 19.2 Å². The van der Waals surface area contributed by atoms with Crippen LogP contribution in [0.5, 0.6) is 5.75 Å². The summed E-state index contributed by atoms with van der Waals surface area (Å²) in [4.78, 5) is 43.2. The van der Waals surface area contributed by atoms with Gasteiger partial charge in [0, 0.05) is 5.69 Å². The second-order valence-electron chi connectivity index (χ2n) is 7.90. The third-order valence-electron chi connectivity index (χ3n) is 4.81. The highest BCUT2D eigenvalue weighted by Gasteiger charge is 2.33. The molecule has 1 fully saturated rings. The molecule has 31 heavy (non-hydrogen) atoms. The van der Waals surface area contributed by atoms with Crippen molar-refractivity contribution < 1.29 is 24.0 Å². The van der Waals surface area contributed by atoms with Crippen LogP contribution in [0.2, 0.25) is 0 Å². The first-order valence-corrected chi connectivity index (χ1v) is 12.5. The van der Waals surface area contributed by atoms with Crippen LogP contribution < -0.4 is 20.9 Å². The van der Waals surface area contributed by atoms with Gasteiger partial charge in [0.1, 0.15) is 11.8 Å². The van der Waals surface area contributed by atoms with Crippen LogP contribution in [0.1, 0.15) is 18.0 Å². The van der Waals surface area contributed by atoms with Gasteiger partial charge < -0.3 is 15.4 Å². The van der Waals surface area contributed by atoms with Crippen LogP contribution >= 0.6 is 10.0 Å². The maximum Gasteiger partial charge on any atom is 0.253 e. The Morgan fingerprint density at radius 3 is 2.26 bits per heavy atom. The van der Waals surface area contributed by atoms with E-state index < -0.39 is 34.0 Å². The van der Waals surface area contributed by atoms with Gasteiger partial charge in [0.25, 0.3) is 11.8 Å². The summed E-state index contributed by atoms with van der Waals surface area (Å²) in [7, 11) is 0.674. The Hall–Kier alpha value is -3.04. The van der Waals surface area contributed by atoms with Crippen LogP contribution in [0.15, 0.2) is 53.4 Å². The summed E-state index contributed by atoms with van der Waals surface area (Å²) in [6.07, 6.45) is 5.50. The Bertz CT molecular complexity index is 955. The number of anilines is 1. The zero-order valence-corrected chi connectivity index (χ0v) is 18.7. The molecule has 1 aliphatic heterocycles. The third-order valence-corrected chi connectivity index (χ3v) is 6.49. The maximum atomic E-state index is 13.1. The highest BCUT2D eigenvalue weighted by atomic mass is 32.3. The molecule has 166 valence electrons. The number of amides is 3. The largest absolute Gasteiger partial charge is 0.497 e. The average Bonchev–Trinajstić information content (AvgIpc) is 3.18. The maximum absolute atomic E-state index is 13.1. The van der Waals surface area contributed by atoms with Gasteiger partial charge in [-0.2, -0.15) is 0 Å². The first-order chi connectivity index (χ1) is 14.7. The summed E-state index contributed by atoms with van der Waals surface area (Å²) in [5.41, 5.74) is 3.34. The van der Waals surface area contributed by atoms with Gasteiger partial charge in [0.15, 0.2) is 6.10 Å². The number of carbonyl (C=O) groups is 3. The summed E-state index contributed by atoms with van der Waals surface area (Å²) in [6.45, 7) is 0. The molecule has 3 amide bonds. The molecule has 0 saturated carbocycles. The average molecular weight is 446 g/mol. The van der Waals surface area contributed by atoms with E-state index in [1.807, 2.05) is 24.3 Å². The Balaban J connectivity index is 1.79. The Labute approximate surface area is 183 Å². The predicted molar refractivity (Wildman–Crippen MR) is 120 cm³/mol. The van der Waals surface area contributed by atoms with E-state index in [1.54, 1.807) is 31.4 Å². The second kappa shape index (κ2) is 9.40. The molecule has 0 aromatic heterocycles. The number of nitrogens with one attached hydrogen (secondary N) is 3. The molecule has 2 atom stereocenters.